The van der Waals surface area contributed by atoms with Crippen molar-refractivity contribution in [3.63, 3.8) is 0 Å². The lowest BCUT2D eigenvalue weighted by atomic mass is 10.2. The van der Waals surface area contributed by atoms with Gasteiger partial charge in [0.1, 0.15) is 0 Å². The van der Waals surface area contributed by atoms with Crippen LogP contribution < -0.4 is 5.56 Å². The van der Waals surface area contributed by atoms with Gasteiger partial charge in [-0.3, -0.25) is 13.8 Å². The predicted molar refractivity (Wildman–Crippen MR) is 106 cm³/mol. The molecule has 142 valence electrons. The Bertz CT molecular complexity index is 1340. The zero-order chi connectivity index (χ0) is 19.9. The molecule has 4 aromatic rings. The summed E-state index contributed by atoms with van der Waals surface area (Å²) in [6.07, 6.45) is 2.95. The Hall–Kier alpha value is -2.97. The van der Waals surface area contributed by atoms with E-state index in [2.05, 4.69) is 10.2 Å². The largest absolute Gasteiger partial charge is 0.300 e. The second-order valence-corrected chi connectivity index (χ2v) is 8.57. The first-order valence-corrected chi connectivity index (χ1v) is 10.4. The van der Waals surface area contributed by atoms with Gasteiger partial charge in [-0.1, -0.05) is 48.0 Å². The fourth-order valence-electron chi connectivity index (χ4n) is 2.98. The number of nitrogens with zero attached hydrogens (tertiary/aromatic N) is 4. The second kappa shape index (κ2) is 6.88. The lowest BCUT2D eigenvalue weighted by Crippen LogP contribution is -2.21. The van der Waals surface area contributed by atoms with Crippen LogP contribution in [0.15, 0.2) is 70.9 Å². The van der Waals surface area contributed by atoms with E-state index in [1.165, 1.54) is 21.4 Å². The highest BCUT2D eigenvalue weighted by Gasteiger charge is 2.24. The molecule has 0 bridgehead atoms. The molecule has 9 heteroatoms. The first-order chi connectivity index (χ1) is 13.4. The minimum absolute atomic E-state index is 0.0755. The van der Waals surface area contributed by atoms with Gasteiger partial charge in [-0.25, -0.2) is 8.42 Å². The van der Waals surface area contributed by atoms with Crippen LogP contribution in [0.1, 0.15) is 11.1 Å². The van der Waals surface area contributed by atoms with E-state index in [4.69, 9.17) is 11.6 Å². The lowest BCUT2D eigenvalue weighted by Gasteiger charge is -2.10. The maximum Gasteiger partial charge on any atom is 0.300 e. The molecule has 0 spiro atoms. The SMILES string of the molecule is Cc1c(Cl)cccc1-n1ccn2c(S(=O)(=O)Cc3ccccc3)nnc2c1=O. The van der Waals surface area contributed by atoms with Gasteiger partial charge in [0.25, 0.3) is 5.16 Å². The van der Waals surface area contributed by atoms with Crippen molar-refractivity contribution in [2.45, 2.75) is 17.8 Å². The van der Waals surface area contributed by atoms with Crippen molar-refractivity contribution in [2.75, 3.05) is 0 Å². The molecule has 2 heterocycles. The number of sulfone groups is 1. The fraction of sp³-hybridized carbons (Fsp3) is 0.105. The molecule has 0 saturated carbocycles. The minimum Gasteiger partial charge on any atom is -0.279 e. The molecule has 4 rings (SSSR count). The van der Waals surface area contributed by atoms with Gasteiger partial charge in [0, 0.05) is 17.4 Å². The third-order valence-electron chi connectivity index (χ3n) is 4.42. The molecular formula is C19H15ClN4O3S. The number of hydrogen-bond acceptors (Lipinski definition) is 5. The summed E-state index contributed by atoms with van der Waals surface area (Å²) in [7, 11) is -3.79. The molecule has 2 aromatic heterocycles. The summed E-state index contributed by atoms with van der Waals surface area (Å²) in [5.41, 5.74) is 1.39. The Morgan fingerprint density at radius 1 is 1.00 bits per heavy atom. The molecule has 0 radical (unpaired) electrons. The second-order valence-electron chi connectivity index (χ2n) is 6.28. The molecule has 0 aliphatic rings. The third kappa shape index (κ3) is 3.10. The summed E-state index contributed by atoms with van der Waals surface area (Å²) < 4.78 is 28.2. The van der Waals surface area contributed by atoms with Crippen LogP contribution in [0.4, 0.5) is 0 Å². The Morgan fingerprint density at radius 3 is 2.50 bits per heavy atom. The standard InChI is InChI=1S/C19H15ClN4O3S/c1-13-15(20)8-5-9-16(13)23-10-11-24-17(18(23)25)21-22-19(24)28(26,27)12-14-6-3-2-4-7-14/h2-11H,12H2,1H3. The monoisotopic (exact) mass is 414 g/mol. The molecule has 0 aliphatic heterocycles. The highest BCUT2D eigenvalue weighted by Crippen LogP contribution is 2.21. The number of fused-ring (bicyclic) bond motifs is 1. The van der Waals surface area contributed by atoms with E-state index in [-0.39, 0.29) is 16.6 Å². The fourth-order valence-corrected chi connectivity index (χ4v) is 4.53. The normalized spacial score (nSPS) is 11.8. The van der Waals surface area contributed by atoms with Crippen molar-refractivity contribution in [1.82, 2.24) is 19.2 Å². The molecule has 0 aliphatic carbocycles. The van der Waals surface area contributed by atoms with Crippen LogP contribution in [0.2, 0.25) is 5.02 Å². The molecule has 0 unspecified atom stereocenters. The van der Waals surface area contributed by atoms with Crippen LogP contribution in [-0.2, 0) is 15.6 Å². The number of benzene rings is 2. The highest BCUT2D eigenvalue weighted by molar-refractivity contribution is 7.90. The van der Waals surface area contributed by atoms with Crippen molar-refractivity contribution in [2.24, 2.45) is 0 Å². The average Bonchev–Trinajstić information content (AvgIpc) is 3.11. The Balaban J connectivity index is 1.83. The molecule has 28 heavy (non-hydrogen) atoms. The summed E-state index contributed by atoms with van der Waals surface area (Å²) in [5, 5.41) is 7.88. The molecule has 0 atom stereocenters. The van der Waals surface area contributed by atoms with Gasteiger partial charge in [-0.15, -0.1) is 10.2 Å². The summed E-state index contributed by atoms with van der Waals surface area (Å²) >= 11 is 6.15. The van der Waals surface area contributed by atoms with Gasteiger partial charge >= 0.3 is 5.56 Å². The molecule has 0 saturated heterocycles. The van der Waals surface area contributed by atoms with E-state index in [0.717, 1.165) is 5.56 Å². The first-order valence-electron chi connectivity index (χ1n) is 8.37. The zero-order valence-corrected chi connectivity index (χ0v) is 16.4. The minimum atomic E-state index is -3.79. The number of halogens is 1. The maximum atomic E-state index is 12.9. The van der Waals surface area contributed by atoms with Crippen molar-refractivity contribution < 1.29 is 8.42 Å². The first kappa shape index (κ1) is 18.4. The lowest BCUT2D eigenvalue weighted by molar-refractivity contribution is 0.584. The van der Waals surface area contributed by atoms with E-state index in [1.54, 1.807) is 49.4 Å². The van der Waals surface area contributed by atoms with Crippen molar-refractivity contribution in [3.8, 4) is 5.69 Å². The van der Waals surface area contributed by atoms with Crippen molar-refractivity contribution in [3.05, 3.63) is 87.4 Å². The maximum absolute atomic E-state index is 12.9. The smallest absolute Gasteiger partial charge is 0.279 e. The van der Waals surface area contributed by atoms with Crippen molar-refractivity contribution >= 4 is 27.1 Å². The van der Waals surface area contributed by atoms with Crippen molar-refractivity contribution in [1.29, 1.82) is 0 Å². The third-order valence-corrected chi connectivity index (χ3v) is 6.37. The van der Waals surface area contributed by atoms with Gasteiger partial charge in [0.05, 0.1) is 11.4 Å². The summed E-state index contributed by atoms with van der Waals surface area (Å²) in [6, 6.07) is 14.0. The van der Waals surface area contributed by atoms with Gasteiger partial charge in [0.2, 0.25) is 15.5 Å². The number of aromatic nitrogens is 4. The van der Waals surface area contributed by atoms with Crippen LogP contribution in [0.5, 0.6) is 0 Å². The molecule has 0 fully saturated rings. The Morgan fingerprint density at radius 2 is 1.75 bits per heavy atom. The van der Waals surface area contributed by atoms with Gasteiger partial charge in [-0.2, -0.15) is 0 Å². The predicted octanol–water partition coefficient (Wildman–Crippen LogP) is 2.82. The summed E-state index contributed by atoms with van der Waals surface area (Å²) in [5.74, 6) is -0.231. The molecular weight excluding hydrogens is 400 g/mol. The van der Waals surface area contributed by atoms with E-state index >= 15 is 0 Å². The van der Waals surface area contributed by atoms with Gasteiger partial charge < -0.3 is 0 Å². The highest BCUT2D eigenvalue weighted by atomic mass is 35.5. The average molecular weight is 415 g/mol. The van der Waals surface area contributed by atoms with Crippen LogP contribution >= 0.6 is 11.6 Å². The van der Waals surface area contributed by atoms with E-state index < -0.39 is 15.4 Å². The number of rotatable bonds is 4. The van der Waals surface area contributed by atoms with E-state index in [0.29, 0.717) is 16.3 Å². The van der Waals surface area contributed by atoms with Crippen LogP contribution in [0.25, 0.3) is 11.3 Å². The van der Waals surface area contributed by atoms with Crippen LogP contribution in [0, 0.1) is 6.92 Å². The number of hydrogen-bond donors (Lipinski definition) is 0. The van der Waals surface area contributed by atoms with Crippen LogP contribution in [0.3, 0.4) is 0 Å². The molecule has 0 N–H and O–H groups in total. The van der Waals surface area contributed by atoms with Gasteiger partial charge in [-0.05, 0) is 30.2 Å². The summed E-state index contributed by atoms with van der Waals surface area (Å²) in [6.45, 7) is 1.80. The van der Waals surface area contributed by atoms with E-state index in [9.17, 15) is 13.2 Å². The zero-order valence-electron chi connectivity index (χ0n) is 14.8. The van der Waals surface area contributed by atoms with Crippen LogP contribution in [-0.4, -0.2) is 27.6 Å². The Kier molecular flexibility index (Phi) is 4.52. The summed E-state index contributed by atoms with van der Waals surface area (Å²) in [4.78, 5) is 12.9. The molecule has 7 nitrogen and oxygen atoms in total. The molecule has 0 amide bonds. The quantitative estimate of drug-likeness (QED) is 0.512. The Labute approximate surface area is 165 Å². The van der Waals surface area contributed by atoms with Gasteiger partial charge in [0.15, 0.2) is 0 Å². The molecule has 2 aromatic carbocycles. The van der Waals surface area contributed by atoms with E-state index in [1.807, 2.05) is 6.07 Å². The topological polar surface area (TPSA) is 86.3 Å².